The van der Waals surface area contributed by atoms with Gasteiger partial charge in [-0.1, -0.05) is 84.9 Å². The zero-order valence-corrected chi connectivity index (χ0v) is 36.9. The van der Waals surface area contributed by atoms with Crippen LogP contribution in [0.2, 0.25) is 0 Å². The Kier molecular flexibility index (Phi) is 33.7. The number of hydrogen-bond acceptors (Lipinski definition) is 14. The van der Waals surface area contributed by atoms with Gasteiger partial charge in [0, 0.05) is 59.4 Å². The minimum atomic E-state index is -1.52. The third-order valence-electron chi connectivity index (χ3n) is 8.03. The Balaban J connectivity index is -0.000000393. The molecule has 0 bridgehead atoms. The van der Waals surface area contributed by atoms with Crippen LogP contribution < -0.4 is 20.4 Å². The summed E-state index contributed by atoms with van der Waals surface area (Å²) in [4.78, 5) is 64.3. The molecule has 8 rings (SSSR count). The van der Waals surface area contributed by atoms with Crippen molar-refractivity contribution in [2.45, 2.75) is 0 Å². The van der Waals surface area contributed by atoms with Crippen LogP contribution in [0.3, 0.4) is 0 Å². The molecule has 20 nitrogen and oxygen atoms in total. The zero-order valence-electron chi connectivity index (χ0n) is 35.0. The average Bonchev–Trinajstić information content (AvgIpc) is 3.31. The summed E-state index contributed by atoms with van der Waals surface area (Å²) < 4.78 is 0. The second-order valence-corrected chi connectivity index (χ2v) is 12.0. The van der Waals surface area contributed by atoms with E-state index in [9.17, 15) is 39.6 Å². The molecular formula is C46H44Cu2N6O14+2. The summed E-state index contributed by atoms with van der Waals surface area (Å²) in [6.07, 6.45) is 10.9. The number of aromatic nitrogens is 6. The van der Waals surface area contributed by atoms with Gasteiger partial charge in [0.15, 0.2) is 0 Å². The Labute approximate surface area is 409 Å². The van der Waals surface area contributed by atoms with E-state index in [2.05, 4.69) is 66.3 Å². The number of benzene rings is 2. The monoisotopic (exact) mass is 1030 g/mol. The van der Waals surface area contributed by atoms with E-state index in [0.29, 0.717) is 0 Å². The summed E-state index contributed by atoms with van der Waals surface area (Å²) in [7, 11) is 0. The van der Waals surface area contributed by atoms with Gasteiger partial charge in [0.25, 0.3) is 0 Å². The zero-order chi connectivity index (χ0) is 42.7. The van der Waals surface area contributed by atoms with E-state index in [1.54, 1.807) is 24.8 Å². The molecule has 22 heteroatoms. The molecule has 8 aromatic rings. The van der Waals surface area contributed by atoms with Crippen molar-refractivity contribution >= 4 is 23.9 Å². The average molecular weight is 1030 g/mol. The number of carbonyl (C=O) groups is 4. The molecule has 0 spiro atoms. The number of carboxylic acid groups (broad SMARTS) is 4. The summed E-state index contributed by atoms with van der Waals surface area (Å²) in [5.74, 6) is -6.06. The molecule has 0 fully saturated rings. The van der Waals surface area contributed by atoms with Crippen molar-refractivity contribution in [3.8, 4) is 44.8 Å². The maximum absolute atomic E-state index is 10.2. The summed E-state index contributed by atoms with van der Waals surface area (Å²) in [5, 5.41) is 40.8. The minimum Gasteiger partial charge on any atom is -0.543 e. The first-order valence-corrected chi connectivity index (χ1v) is 17.7. The van der Waals surface area contributed by atoms with Gasteiger partial charge >= 0.3 is 34.1 Å². The molecule has 6 heterocycles. The van der Waals surface area contributed by atoms with Gasteiger partial charge < -0.3 is 72.5 Å². The van der Waals surface area contributed by atoms with Crippen LogP contribution in [0.25, 0.3) is 44.8 Å². The largest absolute Gasteiger partial charge is 2.00 e. The van der Waals surface area contributed by atoms with Crippen LogP contribution in [0.5, 0.6) is 0 Å². The molecular weight excluding hydrogens is 988 g/mol. The number of carbonyl (C=O) groups excluding carboxylic acids is 4. The van der Waals surface area contributed by atoms with E-state index in [1.165, 1.54) is 23.3 Å². The second-order valence-electron chi connectivity index (χ2n) is 12.0. The molecule has 0 unspecified atom stereocenters. The molecule has 2 radical (unpaired) electrons. The van der Waals surface area contributed by atoms with Crippen molar-refractivity contribution in [3.63, 3.8) is 0 Å². The summed E-state index contributed by atoms with van der Waals surface area (Å²) in [6, 6.07) is 43.7. The van der Waals surface area contributed by atoms with Crippen molar-refractivity contribution in [3.05, 3.63) is 206 Å². The van der Waals surface area contributed by atoms with Crippen LogP contribution in [-0.2, 0) is 45.1 Å². The Morgan fingerprint density at radius 2 is 0.603 bits per heavy atom. The topological polar surface area (TPSA) is 430 Å². The number of nitrogens with zero attached hydrogens (tertiary/aromatic N) is 6. The molecule has 0 atom stereocenters. The number of rotatable bonds is 8. The third-order valence-corrected chi connectivity index (χ3v) is 8.03. The quantitative estimate of drug-likeness (QED) is 0.118. The van der Waals surface area contributed by atoms with Crippen molar-refractivity contribution in [2.24, 2.45) is 0 Å². The van der Waals surface area contributed by atoms with E-state index in [4.69, 9.17) is 0 Å². The Morgan fingerprint density at radius 3 is 0.838 bits per heavy atom. The molecule has 0 aliphatic heterocycles. The van der Waals surface area contributed by atoms with E-state index < -0.39 is 46.7 Å². The molecule has 0 aliphatic carbocycles. The smallest absolute Gasteiger partial charge is 0.543 e. The standard InChI is InChI=1S/2C16H12N2.2C7H5NO4.2Cu.6H2O/c2*1-2-4-13(5-3-1)15-6-7-16(18-12-15)14-8-10-17-11-9-14;2*9-6(10)4-2-1-3-5(8-4)7(11)12;;;;;;;;/h2*1-12H;2*1-3H,(H,9,10)(H,11,12);;;6*1H2/q;;;;2*+2;;;;;;/p-2. The minimum absolute atomic E-state index is 0. The van der Waals surface area contributed by atoms with E-state index in [1.807, 2.05) is 85.2 Å². The Bertz CT molecular complexity index is 2300. The van der Waals surface area contributed by atoms with E-state index in [0.717, 1.165) is 57.9 Å². The van der Waals surface area contributed by atoms with Gasteiger partial charge in [-0.2, -0.15) is 0 Å². The fraction of sp³-hybridized carbons (Fsp3) is 0. The first-order chi connectivity index (χ1) is 29.1. The molecule has 0 saturated carbocycles. The number of hydrogen-bond donors (Lipinski definition) is 0. The first kappa shape index (κ1) is 66.6. The van der Waals surface area contributed by atoms with Crippen molar-refractivity contribution in [1.82, 2.24) is 29.9 Å². The van der Waals surface area contributed by atoms with Crippen molar-refractivity contribution in [1.29, 1.82) is 0 Å². The Hall–Kier alpha value is -7.98. The Morgan fingerprint density at radius 1 is 0.324 bits per heavy atom. The van der Waals surface area contributed by atoms with Crippen LogP contribution in [0.15, 0.2) is 183 Å². The van der Waals surface area contributed by atoms with Gasteiger partial charge in [-0.05, 0) is 71.8 Å². The number of pyridine rings is 6. The van der Waals surface area contributed by atoms with Crippen LogP contribution in [0.1, 0.15) is 42.0 Å². The predicted octanol–water partition coefficient (Wildman–Crippen LogP) is -1.91. The fourth-order valence-electron chi connectivity index (χ4n) is 5.10. The van der Waals surface area contributed by atoms with Crippen LogP contribution in [-0.4, -0.2) is 75.7 Å². The first-order valence-electron chi connectivity index (χ1n) is 17.7. The second kappa shape index (κ2) is 34.4. The van der Waals surface area contributed by atoms with Gasteiger partial charge in [0.1, 0.15) is 0 Å². The van der Waals surface area contributed by atoms with Crippen LogP contribution in [0, 0.1) is 0 Å². The normalized spacial score (nSPS) is 8.71. The molecule has 362 valence electrons. The van der Waals surface area contributed by atoms with Gasteiger partial charge in [0.2, 0.25) is 0 Å². The molecule has 0 saturated heterocycles. The van der Waals surface area contributed by atoms with E-state index >= 15 is 0 Å². The summed E-state index contributed by atoms with van der Waals surface area (Å²) in [5.41, 5.74) is 7.07. The van der Waals surface area contributed by atoms with Crippen molar-refractivity contribution in [2.75, 3.05) is 0 Å². The molecule has 6 aromatic heterocycles. The molecule has 68 heavy (non-hydrogen) atoms. The van der Waals surface area contributed by atoms with Crippen LogP contribution >= 0.6 is 0 Å². The van der Waals surface area contributed by atoms with Gasteiger partial charge in [0.05, 0.1) is 58.0 Å². The van der Waals surface area contributed by atoms with Gasteiger partial charge in [-0.15, -0.1) is 0 Å². The van der Waals surface area contributed by atoms with Crippen LogP contribution in [0.4, 0.5) is 0 Å². The SMILES string of the molecule is O.O.O.O.O=C([O-])c1cccc(C(=O)[O-])n1.O=C([O-])c1cccc(C(=O)[O-])n1.[Cu+2].[Cu+2].[OH3+].[OH3+].c1ccc(-c2ccc(-c3ccncc3)nc2)cc1.c1ccc(-c2ccc(-c3ccncc3)nc2)cc1. The predicted molar refractivity (Wildman–Crippen MR) is 236 cm³/mol. The summed E-state index contributed by atoms with van der Waals surface area (Å²) >= 11 is 0. The summed E-state index contributed by atoms with van der Waals surface area (Å²) in [6.45, 7) is 0. The van der Waals surface area contributed by atoms with Crippen molar-refractivity contribution < 1.29 is 107 Å². The third kappa shape index (κ3) is 20.5. The van der Waals surface area contributed by atoms with E-state index in [-0.39, 0.29) is 67.0 Å². The number of carboxylic acids is 4. The number of aromatic carboxylic acids is 4. The molecule has 0 aliphatic rings. The van der Waals surface area contributed by atoms with Gasteiger partial charge in [-0.25, -0.2) is 9.97 Å². The fourth-order valence-corrected chi connectivity index (χ4v) is 5.10. The molecule has 2 aromatic carbocycles. The maximum atomic E-state index is 10.2. The molecule has 0 amide bonds. The molecule has 14 N–H and O–H groups in total. The van der Waals surface area contributed by atoms with Gasteiger partial charge in [-0.3, -0.25) is 19.9 Å². The maximum Gasteiger partial charge on any atom is 2.00 e.